The van der Waals surface area contributed by atoms with Crippen molar-refractivity contribution < 1.29 is 13.9 Å². The van der Waals surface area contributed by atoms with Crippen molar-refractivity contribution in [1.29, 1.82) is 0 Å². The van der Waals surface area contributed by atoms with Crippen LogP contribution in [0.1, 0.15) is 0 Å². The highest BCUT2D eigenvalue weighted by atomic mass is 35.5. The Morgan fingerprint density at radius 2 is 2.27 bits per heavy atom. The third-order valence-corrected chi connectivity index (χ3v) is 1.36. The summed E-state index contributed by atoms with van der Waals surface area (Å²) in [5.41, 5.74) is 0. The molecule has 0 spiro atoms. The van der Waals surface area contributed by atoms with Gasteiger partial charge in [0.2, 0.25) is 0 Å². The lowest BCUT2D eigenvalue weighted by Crippen LogP contribution is -1.89. The molecule has 4 heteroatoms. The minimum absolute atomic E-state index is 0.0806. The summed E-state index contributed by atoms with van der Waals surface area (Å²) in [5, 5.41) is 0.0806. The Kier molecular flexibility index (Phi) is 2.44. The van der Waals surface area contributed by atoms with Crippen LogP contribution in [0.5, 0.6) is 5.75 Å². The predicted molar refractivity (Wildman–Crippen MR) is 38.1 cm³/mol. The van der Waals surface area contributed by atoms with Crippen LogP contribution in [0.2, 0.25) is 5.02 Å². The maximum atomic E-state index is 12.4. The first-order chi connectivity index (χ1) is 5.24. The summed E-state index contributed by atoms with van der Waals surface area (Å²) in [6.07, 6.45) is 0. The lowest BCUT2D eigenvalue weighted by Gasteiger charge is -1.98. The van der Waals surface area contributed by atoms with Crippen LogP contribution in [-0.2, 0) is 4.79 Å². The molecule has 1 rings (SSSR count). The second-order valence-corrected chi connectivity index (χ2v) is 2.20. The van der Waals surface area contributed by atoms with E-state index in [2.05, 4.69) is 4.74 Å². The lowest BCUT2D eigenvalue weighted by molar-refractivity contribution is -0.120. The second kappa shape index (κ2) is 3.34. The highest BCUT2D eigenvalue weighted by molar-refractivity contribution is 6.32. The quantitative estimate of drug-likeness (QED) is 0.642. The molecule has 0 saturated heterocycles. The van der Waals surface area contributed by atoms with E-state index in [0.717, 1.165) is 12.1 Å². The third kappa shape index (κ3) is 1.91. The van der Waals surface area contributed by atoms with Gasteiger partial charge in [0.25, 0.3) is 6.47 Å². The molecule has 0 aromatic heterocycles. The van der Waals surface area contributed by atoms with E-state index in [-0.39, 0.29) is 17.2 Å². The van der Waals surface area contributed by atoms with E-state index in [1.807, 2.05) is 0 Å². The molecule has 0 fully saturated rings. The zero-order valence-corrected chi connectivity index (χ0v) is 6.14. The van der Waals surface area contributed by atoms with E-state index >= 15 is 0 Å². The van der Waals surface area contributed by atoms with Gasteiger partial charge in [-0.1, -0.05) is 11.6 Å². The highest BCUT2D eigenvalue weighted by Gasteiger charge is 2.01. The largest absolute Gasteiger partial charge is 0.427 e. The molecule has 0 unspecified atom stereocenters. The molecule has 0 radical (unpaired) electrons. The maximum absolute atomic E-state index is 12.4. The first kappa shape index (κ1) is 8.01. The summed E-state index contributed by atoms with van der Waals surface area (Å²) in [7, 11) is 0. The number of benzene rings is 1. The Balaban J connectivity index is 2.98. The molecule has 0 amide bonds. The van der Waals surface area contributed by atoms with Gasteiger partial charge in [-0.3, -0.25) is 4.79 Å². The van der Waals surface area contributed by atoms with E-state index in [1.165, 1.54) is 6.07 Å². The van der Waals surface area contributed by atoms with Crippen molar-refractivity contribution >= 4 is 18.1 Å². The van der Waals surface area contributed by atoms with E-state index in [4.69, 9.17) is 11.6 Å². The van der Waals surface area contributed by atoms with Gasteiger partial charge in [0, 0.05) is 0 Å². The minimum Gasteiger partial charge on any atom is -0.427 e. The molecule has 1 aromatic carbocycles. The Morgan fingerprint density at radius 1 is 1.55 bits per heavy atom. The molecule has 0 aliphatic carbocycles. The Bertz CT molecular complexity index is 275. The fourth-order valence-electron chi connectivity index (χ4n) is 0.623. The van der Waals surface area contributed by atoms with Crippen LogP contribution in [0.4, 0.5) is 4.39 Å². The molecule has 58 valence electrons. The van der Waals surface area contributed by atoms with Crippen molar-refractivity contribution in [1.82, 2.24) is 0 Å². The topological polar surface area (TPSA) is 26.3 Å². The van der Waals surface area contributed by atoms with Crippen LogP contribution in [0, 0.1) is 5.82 Å². The summed E-state index contributed by atoms with van der Waals surface area (Å²) in [5.74, 6) is -0.309. The number of rotatable bonds is 2. The monoisotopic (exact) mass is 174 g/mol. The van der Waals surface area contributed by atoms with E-state index in [1.54, 1.807) is 0 Å². The molecule has 0 saturated carbocycles. The molecule has 0 atom stereocenters. The van der Waals surface area contributed by atoms with Crippen LogP contribution in [0.3, 0.4) is 0 Å². The van der Waals surface area contributed by atoms with Gasteiger partial charge in [-0.25, -0.2) is 4.39 Å². The van der Waals surface area contributed by atoms with E-state index < -0.39 is 5.82 Å². The van der Waals surface area contributed by atoms with Gasteiger partial charge in [0.1, 0.15) is 11.6 Å². The van der Waals surface area contributed by atoms with Gasteiger partial charge in [-0.15, -0.1) is 0 Å². The number of hydrogen-bond acceptors (Lipinski definition) is 2. The van der Waals surface area contributed by atoms with Crippen LogP contribution in [0.25, 0.3) is 0 Å². The van der Waals surface area contributed by atoms with Gasteiger partial charge in [-0.05, 0) is 18.2 Å². The normalized spacial score (nSPS) is 9.27. The average molecular weight is 175 g/mol. The number of halogens is 2. The highest BCUT2D eigenvalue weighted by Crippen LogP contribution is 2.23. The molecule has 2 nitrogen and oxygen atoms in total. The number of hydrogen-bond donors (Lipinski definition) is 0. The molecule has 0 aliphatic heterocycles. The maximum Gasteiger partial charge on any atom is 0.298 e. The Morgan fingerprint density at radius 3 is 2.82 bits per heavy atom. The molecule has 0 aliphatic rings. The SMILES string of the molecule is O=COc1ccc(F)cc1Cl. The first-order valence-electron chi connectivity index (χ1n) is 2.79. The predicted octanol–water partition coefficient (Wildman–Crippen LogP) is 2.01. The molecule has 0 bridgehead atoms. The van der Waals surface area contributed by atoms with Crippen LogP contribution in [-0.4, -0.2) is 6.47 Å². The fourth-order valence-corrected chi connectivity index (χ4v) is 0.834. The lowest BCUT2D eigenvalue weighted by atomic mass is 10.3. The zero-order chi connectivity index (χ0) is 8.27. The minimum atomic E-state index is -0.465. The Hall–Kier alpha value is -1.09. The van der Waals surface area contributed by atoms with Gasteiger partial charge in [0.15, 0.2) is 0 Å². The van der Waals surface area contributed by atoms with Crippen molar-refractivity contribution in [3.05, 3.63) is 29.0 Å². The zero-order valence-electron chi connectivity index (χ0n) is 5.38. The number of carbonyl (C=O) groups excluding carboxylic acids is 1. The standard InChI is InChI=1S/C7H4ClFO2/c8-6-3-5(9)1-2-7(6)11-4-10/h1-4H. The summed E-state index contributed by atoms with van der Waals surface area (Å²) in [6.45, 7) is 0.235. The van der Waals surface area contributed by atoms with Crippen LogP contribution >= 0.6 is 11.6 Å². The van der Waals surface area contributed by atoms with Crippen molar-refractivity contribution in [2.75, 3.05) is 0 Å². The molecule has 0 heterocycles. The molecule has 1 aromatic rings. The van der Waals surface area contributed by atoms with E-state index in [0.29, 0.717) is 0 Å². The summed E-state index contributed by atoms with van der Waals surface area (Å²) in [6, 6.07) is 3.51. The molecule has 11 heavy (non-hydrogen) atoms. The van der Waals surface area contributed by atoms with Gasteiger partial charge in [-0.2, -0.15) is 0 Å². The average Bonchev–Trinajstić information content (AvgIpc) is 1.95. The third-order valence-electron chi connectivity index (χ3n) is 1.07. The summed E-state index contributed by atoms with van der Waals surface area (Å²) < 4.78 is 16.8. The van der Waals surface area contributed by atoms with Gasteiger partial charge < -0.3 is 4.74 Å². The van der Waals surface area contributed by atoms with Crippen molar-refractivity contribution in [2.24, 2.45) is 0 Å². The number of ether oxygens (including phenoxy) is 1. The second-order valence-electron chi connectivity index (χ2n) is 1.79. The first-order valence-corrected chi connectivity index (χ1v) is 3.17. The molecule has 0 N–H and O–H groups in total. The number of carbonyl (C=O) groups is 1. The van der Waals surface area contributed by atoms with Crippen molar-refractivity contribution in [3.63, 3.8) is 0 Å². The smallest absolute Gasteiger partial charge is 0.298 e. The van der Waals surface area contributed by atoms with Crippen molar-refractivity contribution in [2.45, 2.75) is 0 Å². The van der Waals surface area contributed by atoms with Crippen LogP contribution in [0.15, 0.2) is 18.2 Å². The van der Waals surface area contributed by atoms with Gasteiger partial charge >= 0.3 is 0 Å². The Labute approximate surface area is 67.5 Å². The van der Waals surface area contributed by atoms with E-state index in [9.17, 15) is 9.18 Å². The van der Waals surface area contributed by atoms with Gasteiger partial charge in [0.05, 0.1) is 5.02 Å². The van der Waals surface area contributed by atoms with Crippen LogP contribution < -0.4 is 4.74 Å². The van der Waals surface area contributed by atoms with Crippen molar-refractivity contribution in [3.8, 4) is 5.75 Å². The summed E-state index contributed by atoms with van der Waals surface area (Å²) >= 11 is 5.48. The summed E-state index contributed by atoms with van der Waals surface area (Å²) in [4.78, 5) is 9.84. The molecular formula is C7H4ClFO2. The molecular weight excluding hydrogens is 171 g/mol. The fraction of sp³-hybridized carbons (Fsp3) is 0.